The van der Waals surface area contributed by atoms with Crippen LogP contribution in [0, 0.1) is 0 Å². The van der Waals surface area contributed by atoms with Crippen LogP contribution in [0.15, 0.2) is 45.9 Å². The molecule has 0 aliphatic heterocycles. The quantitative estimate of drug-likeness (QED) is 0.802. The van der Waals surface area contributed by atoms with Crippen LogP contribution >= 0.6 is 15.9 Å². The maximum atomic E-state index is 11.8. The summed E-state index contributed by atoms with van der Waals surface area (Å²) in [5.74, 6) is 0.0326. The second-order valence-electron chi connectivity index (χ2n) is 3.12. The van der Waals surface area contributed by atoms with Crippen molar-refractivity contribution in [3.8, 4) is 0 Å². The van der Waals surface area contributed by atoms with Crippen LogP contribution in [0.5, 0.6) is 0 Å². The Morgan fingerprint density at radius 3 is 3.00 bits per heavy atom. The molecule has 0 fully saturated rings. The number of hydrogen-bond acceptors (Lipinski definition) is 3. The second kappa shape index (κ2) is 4.40. The van der Waals surface area contributed by atoms with Gasteiger partial charge in [-0.3, -0.25) is 9.78 Å². The van der Waals surface area contributed by atoms with Crippen LogP contribution in [0.25, 0.3) is 0 Å². The number of ketones is 1. The summed E-state index contributed by atoms with van der Waals surface area (Å²) < 4.78 is 5.70. The first-order chi connectivity index (χ1) is 7.25. The van der Waals surface area contributed by atoms with Gasteiger partial charge in [0.2, 0.25) is 0 Å². The van der Waals surface area contributed by atoms with E-state index in [9.17, 15) is 4.79 Å². The summed E-state index contributed by atoms with van der Waals surface area (Å²) >= 11 is 3.28. The summed E-state index contributed by atoms with van der Waals surface area (Å²) in [6.45, 7) is 0. The first-order valence-corrected chi connectivity index (χ1v) is 5.20. The minimum absolute atomic E-state index is 0.0326. The average Bonchev–Trinajstić information content (AvgIpc) is 2.70. The van der Waals surface area contributed by atoms with Crippen LogP contribution in [0.1, 0.15) is 15.9 Å². The average molecular weight is 266 g/mol. The van der Waals surface area contributed by atoms with E-state index in [2.05, 4.69) is 20.9 Å². The summed E-state index contributed by atoms with van der Waals surface area (Å²) in [6.07, 6.45) is 6.68. The van der Waals surface area contributed by atoms with Gasteiger partial charge in [-0.2, -0.15) is 0 Å². The molecule has 0 radical (unpaired) electrons. The lowest BCUT2D eigenvalue weighted by Gasteiger charge is -1.98. The SMILES string of the molecule is O=C(Cc1ccoc1)c1cncc(Br)c1. The molecule has 0 atom stereocenters. The molecule has 15 heavy (non-hydrogen) atoms. The fourth-order valence-electron chi connectivity index (χ4n) is 1.25. The number of hydrogen-bond donors (Lipinski definition) is 0. The molecule has 0 unspecified atom stereocenters. The fourth-order valence-corrected chi connectivity index (χ4v) is 1.61. The molecule has 0 aliphatic rings. The minimum atomic E-state index is 0.0326. The molecule has 0 amide bonds. The molecule has 2 rings (SSSR count). The Hall–Kier alpha value is -1.42. The van der Waals surface area contributed by atoms with Gasteiger partial charge >= 0.3 is 0 Å². The van der Waals surface area contributed by atoms with Gasteiger partial charge in [-0.1, -0.05) is 0 Å². The minimum Gasteiger partial charge on any atom is -0.472 e. The third-order valence-corrected chi connectivity index (χ3v) is 2.41. The zero-order chi connectivity index (χ0) is 10.7. The molecule has 2 aromatic heterocycles. The predicted octanol–water partition coefficient (Wildman–Crippen LogP) is 2.86. The third-order valence-electron chi connectivity index (χ3n) is 1.97. The molecule has 2 aromatic rings. The topological polar surface area (TPSA) is 43.1 Å². The van der Waals surface area contributed by atoms with Crippen molar-refractivity contribution < 1.29 is 9.21 Å². The first-order valence-electron chi connectivity index (χ1n) is 4.40. The number of furan rings is 1. The monoisotopic (exact) mass is 265 g/mol. The molecular formula is C11H8BrNO2. The van der Waals surface area contributed by atoms with Crippen molar-refractivity contribution in [1.82, 2.24) is 4.98 Å². The summed E-state index contributed by atoms with van der Waals surface area (Å²) in [6, 6.07) is 3.54. The van der Waals surface area contributed by atoms with Gasteiger partial charge in [-0.05, 0) is 33.6 Å². The third kappa shape index (κ3) is 2.53. The van der Waals surface area contributed by atoms with Crippen molar-refractivity contribution in [2.75, 3.05) is 0 Å². The summed E-state index contributed by atoms with van der Waals surface area (Å²) in [4.78, 5) is 15.7. The standard InChI is InChI=1S/C11H8BrNO2/c12-10-4-9(5-13-6-10)11(14)3-8-1-2-15-7-8/h1-2,4-7H,3H2. The molecule has 2 heterocycles. The van der Waals surface area contributed by atoms with Gasteiger partial charge in [0, 0.05) is 28.9 Å². The Balaban J connectivity index is 2.15. The number of rotatable bonds is 3. The molecule has 0 aliphatic carbocycles. The number of nitrogens with zero attached hydrogens (tertiary/aromatic N) is 1. The van der Waals surface area contributed by atoms with E-state index in [0.29, 0.717) is 12.0 Å². The lowest BCUT2D eigenvalue weighted by molar-refractivity contribution is 0.0992. The first kappa shape index (κ1) is 10.1. The summed E-state index contributed by atoms with van der Waals surface area (Å²) in [7, 11) is 0. The van der Waals surface area contributed by atoms with Gasteiger partial charge in [0.05, 0.1) is 12.5 Å². The summed E-state index contributed by atoms with van der Waals surface area (Å²) in [5, 5.41) is 0. The second-order valence-corrected chi connectivity index (χ2v) is 4.04. The van der Waals surface area contributed by atoms with Gasteiger partial charge in [0.15, 0.2) is 5.78 Å². The van der Waals surface area contributed by atoms with Gasteiger partial charge in [0.1, 0.15) is 0 Å². The number of Topliss-reactive ketones (excluding diaryl/α,β-unsaturated/α-hetero) is 1. The predicted molar refractivity (Wildman–Crippen MR) is 58.7 cm³/mol. The van der Waals surface area contributed by atoms with Crippen molar-refractivity contribution in [2.24, 2.45) is 0 Å². The highest BCUT2D eigenvalue weighted by atomic mass is 79.9. The Bertz CT molecular complexity index is 465. The number of carbonyl (C=O) groups excluding carboxylic acids is 1. The van der Waals surface area contributed by atoms with Crippen molar-refractivity contribution >= 4 is 21.7 Å². The highest BCUT2D eigenvalue weighted by molar-refractivity contribution is 9.10. The van der Waals surface area contributed by atoms with Crippen molar-refractivity contribution in [3.63, 3.8) is 0 Å². The molecule has 0 spiro atoms. The Morgan fingerprint density at radius 2 is 2.33 bits per heavy atom. The molecule has 0 saturated heterocycles. The lowest BCUT2D eigenvalue weighted by atomic mass is 10.1. The number of carbonyl (C=O) groups is 1. The molecule has 0 bridgehead atoms. The number of pyridine rings is 1. The smallest absolute Gasteiger partial charge is 0.168 e. The Morgan fingerprint density at radius 1 is 1.47 bits per heavy atom. The molecular weight excluding hydrogens is 258 g/mol. The largest absolute Gasteiger partial charge is 0.472 e. The molecule has 0 aromatic carbocycles. The number of aromatic nitrogens is 1. The van der Waals surface area contributed by atoms with Gasteiger partial charge in [-0.15, -0.1) is 0 Å². The van der Waals surface area contributed by atoms with Crippen LogP contribution in [-0.2, 0) is 6.42 Å². The highest BCUT2D eigenvalue weighted by Crippen LogP contribution is 2.12. The van der Waals surface area contributed by atoms with E-state index in [0.717, 1.165) is 10.0 Å². The van der Waals surface area contributed by atoms with Gasteiger partial charge in [-0.25, -0.2) is 0 Å². The van der Waals surface area contributed by atoms with Crippen LogP contribution < -0.4 is 0 Å². The van der Waals surface area contributed by atoms with E-state index in [1.165, 1.54) is 0 Å². The maximum absolute atomic E-state index is 11.8. The van der Waals surface area contributed by atoms with Crippen LogP contribution in [0.4, 0.5) is 0 Å². The van der Waals surface area contributed by atoms with Crippen molar-refractivity contribution in [1.29, 1.82) is 0 Å². The maximum Gasteiger partial charge on any atom is 0.168 e. The van der Waals surface area contributed by atoms with E-state index in [4.69, 9.17) is 4.42 Å². The molecule has 76 valence electrons. The highest BCUT2D eigenvalue weighted by Gasteiger charge is 2.08. The van der Waals surface area contributed by atoms with Crippen LogP contribution in [0.3, 0.4) is 0 Å². The molecule has 4 heteroatoms. The van der Waals surface area contributed by atoms with E-state index >= 15 is 0 Å². The zero-order valence-corrected chi connectivity index (χ0v) is 9.40. The van der Waals surface area contributed by atoms with E-state index < -0.39 is 0 Å². The van der Waals surface area contributed by atoms with E-state index in [1.54, 1.807) is 37.1 Å². The molecule has 0 saturated carbocycles. The Labute approximate surface area is 95.3 Å². The lowest BCUT2D eigenvalue weighted by Crippen LogP contribution is -2.03. The fraction of sp³-hybridized carbons (Fsp3) is 0.0909. The van der Waals surface area contributed by atoms with Gasteiger partial charge in [0.25, 0.3) is 0 Å². The van der Waals surface area contributed by atoms with Crippen LogP contribution in [0.2, 0.25) is 0 Å². The number of halogens is 1. The zero-order valence-electron chi connectivity index (χ0n) is 7.81. The van der Waals surface area contributed by atoms with Crippen molar-refractivity contribution in [3.05, 3.63) is 52.7 Å². The van der Waals surface area contributed by atoms with E-state index in [1.807, 2.05) is 0 Å². The van der Waals surface area contributed by atoms with E-state index in [-0.39, 0.29) is 5.78 Å². The van der Waals surface area contributed by atoms with Crippen LogP contribution in [-0.4, -0.2) is 10.8 Å². The molecule has 3 nitrogen and oxygen atoms in total. The normalized spacial score (nSPS) is 10.2. The molecule has 0 N–H and O–H groups in total. The van der Waals surface area contributed by atoms with Crippen molar-refractivity contribution in [2.45, 2.75) is 6.42 Å². The van der Waals surface area contributed by atoms with Gasteiger partial charge < -0.3 is 4.42 Å². The summed E-state index contributed by atoms with van der Waals surface area (Å²) in [5.41, 5.74) is 1.48. The Kier molecular flexibility index (Phi) is 2.97.